The van der Waals surface area contributed by atoms with Crippen LogP contribution in [0.5, 0.6) is 0 Å². The molecule has 4 unspecified atom stereocenters. The fourth-order valence-electron chi connectivity index (χ4n) is 6.99. The number of fused-ring (bicyclic) bond motifs is 2. The number of carbonyl (C=O) groups is 1. The predicted octanol–water partition coefficient (Wildman–Crippen LogP) is 8.31. The zero-order chi connectivity index (χ0) is 22.3. The molecule has 2 bridgehead atoms. The van der Waals surface area contributed by atoms with Crippen molar-refractivity contribution >= 4 is 6.29 Å². The van der Waals surface area contributed by atoms with E-state index >= 15 is 0 Å². The smallest absolute Gasteiger partial charge is 0.125 e. The van der Waals surface area contributed by atoms with Gasteiger partial charge in [0.2, 0.25) is 0 Å². The molecule has 3 saturated carbocycles. The van der Waals surface area contributed by atoms with Gasteiger partial charge >= 0.3 is 0 Å². The van der Waals surface area contributed by atoms with E-state index in [4.69, 9.17) is 0 Å². The van der Waals surface area contributed by atoms with Gasteiger partial charge in [-0.2, -0.15) is 0 Å². The standard InChI is InChI=1S/C25H30O.C6H12/c1-24(19-26)16-22-17-25(18-24,23-10-6-3-7-11-23)15-14-21(22)13-12-20-8-4-2-5-9-20;1-2-4-6-5-3-1/h2-11,19,21-22H,12-18H2,1H3;1-6H2. The van der Waals surface area contributed by atoms with Gasteiger partial charge in [-0.3, -0.25) is 0 Å². The van der Waals surface area contributed by atoms with E-state index in [1.54, 1.807) is 0 Å². The molecule has 1 nitrogen and oxygen atoms in total. The average molecular weight is 431 g/mol. The van der Waals surface area contributed by atoms with Gasteiger partial charge in [-0.1, -0.05) is 106 Å². The number of aryl methyl sites for hydroxylation is 1. The molecule has 3 aliphatic rings. The minimum Gasteiger partial charge on any atom is -0.303 e. The minimum absolute atomic E-state index is 0.163. The second-order valence-corrected chi connectivity index (χ2v) is 11.2. The third-order valence-corrected chi connectivity index (χ3v) is 8.60. The number of rotatable bonds is 5. The summed E-state index contributed by atoms with van der Waals surface area (Å²) < 4.78 is 0. The molecule has 4 atom stereocenters. The summed E-state index contributed by atoms with van der Waals surface area (Å²) in [5.41, 5.74) is 2.95. The van der Waals surface area contributed by atoms with Gasteiger partial charge in [0, 0.05) is 5.41 Å². The van der Waals surface area contributed by atoms with Crippen LogP contribution in [0.4, 0.5) is 0 Å². The molecule has 0 spiro atoms. The predicted molar refractivity (Wildman–Crippen MR) is 135 cm³/mol. The second-order valence-electron chi connectivity index (χ2n) is 11.2. The Morgan fingerprint density at radius 1 is 0.844 bits per heavy atom. The third kappa shape index (κ3) is 5.72. The van der Waals surface area contributed by atoms with Gasteiger partial charge in [0.15, 0.2) is 0 Å². The molecule has 2 aromatic carbocycles. The Morgan fingerprint density at radius 2 is 1.44 bits per heavy atom. The molecule has 3 fully saturated rings. The van der Waals surface area contributed by atoms with Crippen LogP contribution in [-0.4, -0.2) is 6.29 Å². The first-order valence-electron chi connectivity index (χ1n) is 13.2. The van der Waals surface area contributed by atoms with Crippen molar-refractivity contribution in [3.63, 3.8) is 0 Å². The van der Waals surface area contributed by atoms with E-state index in [9.17, 15) is 4.79 Å². The number of aldehydes is 1. The first-order valence-corrected chi connectivity index (χ1v) is 13.2. The molecule has 0 saturated heterocycles. The summed E-state index contributed by atoms with van der Waals surface area (Å²) >= 11 is 0. The van der Waals surface area contributed by atoms with Gasteiger partial charge in [0.25, 0.3) is 0 Å². The summed E-state index contributed by atoms with van der Waals surface area (Å²) in [6.45, 7) is 2.20. The van der Waals surface area contributed by atoms with Crippen LogP contribution in [0.25, 0.3) is 0 Å². The molecule has 0 amide bonds. The molecule has 0 aliphatic heterocycles. The molecule has 5 rings (SSSR count). The summed E-state index contributed by atoms with van der Waals surface area (Å²) in [5.74, 6) is 1.43. The molecule has 0 radical (unpaired) electrons. The highest BCUT2D eigenvalue weighted by atomic mass is 16.1. The highest BCUT2D eigenvalue weighted by Crippen LogP contribution is 2.58. The van der Waals surface area contributed by atoms with E-state index in [1.165, 1.54) is 81.6 Å². The van der Waals surface area contributed by atoms with Crippen molar-refractivity contribution in [2.24, 2.45) is 17.3 Å². The Balaban J connectivity index is 0.000000354. The highest BCUT2D eigenvalue weighted by molar-refractivity contribution is 5.60. The number of hydrogen-bond acceptors (Lipinski definition) is 1. The van der Waals surface area contributed by atoms with Crippen molar-refractivity contribution in [2.45, 2.75) is 95.8 Å². The first-order chi connectivity index (χ1) is 15.6. The normalized spacial score (nSPS) is 31.8. The van der Waals surface area contributed by atoms with Gasteiger partial charge in [-0.25, -0.2) is 0 Å². The summed E-state index contributed by atoms with van der Waals surface area (Å²) in [7, 11) is 0. The van der Waals surface area contributed by atoms with Gasteiger partial charge in [-0.05, 0) is 73.3 Å². The quantitative estimate of drug-likeness (QED) is 0.436. The minimum atomic E-state index is -0.163. The molecule has 0 N–H and O–H groups in total. The Hall–Kier alpha value is -1.89. The molecular weight excluding hydrogens is 388 g/mol. The fraction of sp³-hybridized carbons (Fsp3) is 0.581. The van der Waals surface area contributed by atoms with E-state index in [-0.39, 0.29) is 10.8 Å². The lowest BCUT2D eigenvalue weighted by atomic mass is 9.50. The van der Waals surface area contributed by atoms with Gasteiger partial charge in [-0.15, -0.1) is 0 Å². The molecule has 3 aliphatic carbocycles. The lowest BCUT2D eigenvalue weighted by Gasteiger charge is -2.54. The van der Waals surface area contributed by atoms with E-state index in [0.717, 1.165) is 25.2 Å². The van der Waals surface area contributed by atoms with E-state index in [2.05, 4.69) is 67.6 Å². The highest BCUT2D eigenvalue weighted by Gasteiger charge is 2.51. The van der Waals surface area contributed by atoms with Crippen LogP contribution < -0.4 is 0 Å². The topological polar surface area (TPSA) is 17.1 Å². The number of hydrogen-bond donors (Lipinski definition) is 0. The maximum absolute atomic E-state index is 12.0. The number of carbonyl (C=O) groups excluding carboxylic acids is 1. The Morgan fingerprint density at radius 3 is 2.03 bits per heavy atom. The molecule has 32 heavy (non-hydrogen) atoms. The largest absolute Gasteiger partial charge is 0.303 e. The lowest BCUT2D eigenvalue weighted by Crippen LogP contribution is -2.48. The average Bonchev–Trinajstić information content (AvgIpc) is 2.86. The second kappa shape index (κ2) is 10.8. The summed E-state index contributed by atoms with van der Waals surface area (Å²) in [6, 6.07) is 21.9. The molecule has 1 heteroatoms. The van der Waals surface area contributed by atoms with Crippen LogP contribution >= 0.6 is 0 Å². The van der Waals surface area contributed by atoms with Crippen molar-refractivity contribution in [2.75, 3.05) is 0 Å². The number of benzene rings is 2. The Kier molecular flexibility index (Phi) is 7.87. The van der Waals surface area contributed by atoms with Crippen molar-refractivity contribution < 1.29 is 4.79 Å². The van der Waals surface area contributed by atoms with Crippen molar-refractivity contribution in [1.29, 1.82) is 0 Å². The lowest BCUT2D eigenvalue weighted by molar-refractivity contribution is -0.121. The van der Waals surface area contributed by atoms with Gasteiger partial charge in [0.05, 0.1) is 0 Å². The zero-order valence-electron chi connectivity index (χ0n) is 20.1. The van der Waals surface area contributed by atoms with Crippen molar-refractivity contribution in [3.05, 3.63) is 71.8 Å². The fourth-order valence-corrected chi connectivity index (χ4v) is 6.99. The molecule has 0 aromatic heterocycles. The van der Waals surface area contributed by atoms with E-state index in [1.807, 2.05) is 0 Å². The van der Waals surface area contributed by atoms with Crippen LogP contribution in [0, 0.1) is 17.3 Å². The molecule has 172 valence electrons. The Labute approximate surface area is 196 Å². The van der Waals surface area contributed by atoms with Crippen LogP contribution in [0.1, 0.15) is 95.1 Å². The van der Waals surface area contributed by atoms with Crippen LogP contribution in [-0.2, 0) is 16.6 Å². The maximum atomic E-state index is 12.0. The SMILES string of the molecule is C1CCCCC1.CC1(C=O)CC2CC(c3ccccc3)(CCC2CCc2ccccc2)C1. The Bertz CT molecular complexity index is 813. The summed E-state index contributed by atoms with van der Waals surface area (Å²) in [5, 5.41) is 0. The van der Waals surface area contributed by atoms with Crippen molar-refractivity contribution in [3.8, 4) is 0 Å². The molecule has 0 heterocycles. The van der Waals surface area contributed by atoms with E-state index < -0.39 is 0 Å². The van der Waals surface area contributed by atoms with Crippen LogP contribution in [0.3, 0.4) is 0 Å². The molecule has 2 aromatic rings. The van der Waals surface area contributed by atoms with Gasteiger partial charge < -0.3 is 4.79 Å². The van der Waals surface area contributed by atoms with Crippen LogP contribution in [0.2, 0.25) is 0 Å². The van der Waals surface area contributed by atoms with Crippen molar-refractivity contribution in [1.82, 2.24) is 0 Å². The third-order valence-electron chi connectivity index (χ3n) is 8.60. The first kappa shape index (κ1) is 23.3. The zero-order valence-corrected chi connectivity index (χ0v) is 20.1. The monoisotopic (exact) mass is 430 g/mol. The van der Waals surface area contributed by atoms with Gasteiger partial charge in [0.1, 0.15) is 6.29 Å². The summed E-state index contributed by atoms with van der Waals surface area (Å²) in [6.07, 6.45) is 18.6. The summed E-state index contributed by atoms with van der Waals surface area (Å²) in [4.78, 5) is 12.0. The van der Waals surface area contributed by atoms with Crippen LogP contribution in [0.15, 0.2) is 60.7 Å². The molecular formula is C31H42O. The van der Waals surface area contributed by atoms with E-state index in [0.29, 0.717) is 5.92 Å². The maximum Gasteiger partial charge on any atom is 0.125 e.